The van der Waals surface area contributed by atoms with Gasteiger partial charge in [0.1, 0.15) is 29.1 Å². The molecule has 40 heavy (non-hydrogen) atoms. The lowest BCUT2D eigenvalue weighted by atomic mass is 9.83. The summed E-state index contributed by atoms with van der Waals surface area (Å²) in [6.45, 7) is 4.40. The van der Waals surface area contributed by atoms with Crippen molar-refractivity contribution in [2.24, 2.45) is 0 Å². The highest BCUT2D eigenvalue weighted by Gasteiger charge is 2.22. The van der Waals surface area contributed by atoms with E-state index in [4.69, 9.17) is 9.05 Å². The Morgan fingerprint density at radius 1 is 0.525 bits per heavy atom. The summed E-state index contributed by atoms with van der Waals surface area (Å²) in [6.07, 6.45) is 13.2. The van der Waals surface area contributed by atoms with Crippen LogP contribution in [0.3, 0.4) is 0 Å². The molecule has 0 spiro atoms. The molecule has 0 heterocycles. The van der Waals surface area contributed by atoms with E-state index in [9.17, 15) is 0 Å². The van der Waals surface area contributed by atoms with Crippen molar-refractivity contribution in [1.82, 2.24) is 0 Å². The molecule has 2 atom stereocenters. The highest BCUT2D eigenvalue weighted by Crippen LogP contribution is 2.41. The van der Waals surface area contributed by atoms with Gasteiger partial charge in [0.15, 0.2) is 0 Å². The Balaban J connectivity index is 1.27. The first-order chi connectivity index (χ1) is 19.6. The first kappa shape index (κ1) is 27.8. The highest BCUT2D eigenvalue weighted by atomic mass is 31.1. The smallest absolute Gasteiger partial charge is 0.126 e. The van der Waals surface area contributed by atoms with Crippen LogP contribution in [-0.2, 0) is 0 Å². The highest BCUT2D eigenvalue weighted by molar-refractivity contribution is 7.50. The van der Waals surface area contributed by atoms with E-state index in [1.54, 1.807) is 0 Å². The van der Waals surface area contributed by atoms with E-state index in [0.717, 1.165) is 11.5 Å². The molecule has 0 aromatic heterocycles. The van der Waals surface area contributed by atoms with Crippen molar-refractivity contribution < 1.29 is 9.05 Å². The molecule has 0 N–H and O–H groups in total. The van der Waals surface area contributed by atoms with Crippen LogP contribution in [-0.4, -0.2) is 0 Å². The molecule has 0 aliphatic heterocycles. The maximum atomic E-state index is 6.68. The van der Waals surface area contributed by atoms with E-state index in [-0.39, 0.29) is 17.6 Å². The van der Waals surface area contributed by atoms with E-state index in [1.165, 1.54) is 108 Å². The molecule has 6 rings (SSSR count). The Kier molecular flexibility index (Phi) is 9.06. The van der Waals surface area contributed by atoms with Crippen LogP contribution in [0.15, 0.2) is 72.8 Å². The maximum absolute atomic E-state index is 6.68. The van der Waals surface area contributed by atoms with Gasteiger partial charge < -0.3 is 9.05 Å². The molecule has 0 bridgehead atoms. The fraction of sp³-hybridized carbons (Fsp3) is 0.389. The predicted octanol–water partition coefficient (Wildman–Crippen LogP) is 10.1. The first-order valence-corrected chi connectivity index (χ1v) is 17.1. The Morgan fingerprint density at radius 3 is 1.38 bits per heavy atom. The van der Waals surface area contributed by atoms with Gasteiger partial charge in [0, 0.05) is 10.6 Å². The lowest BCUT2D eigenvalue weighted by Gasteiger charge is -2.25. The topological polar surface area (TPSA) is 18.5 Å². The van der Waals surface area contributed by atoms with Crippen LogP contribution < -0.4 is 19.7 Å². The van der Waals surface area contributed by atoms with E-state index in [2.05, 4.69) is 86.6 Å². The van der Waals surface area contributed by atoms with Gasteiger partial charge in [-0.15, -0.1) is 0 Å². The zero-order valence-corrected chi connectivity index (χ0v) is 26.0. The van der Waals surface area contributed by atoms with Crippen LogP contribution in [0.25, 0.3) is 10.8 Å². The summed E-state index contributed by atoms with van der Waals surface area (Å²) in [5, 5.41) is 5.02. The first-order valence-electron chi connectivity index (χ1n) is 15.2. The molecule has 2 saturated carbocycles. The van der Waals surface area contributed by atoms with Gasteiger partial charge >= 0.3 is 0 Å². The van der Waals surface area contributed by atoms with Gasteiger partial charge in [-0.2, -0.15) is 0 Å². The minimum absolute atomic E-state index is 0.246. The molecule has 0 radical (unpaired) electrons. The largest absolute Gasteiger partial charge is 0.472 e. The number of hydrogen-bond acceptors (Lipinski definition) is 2. The molecule has 2 aliphatic rings. The van der Waals surface area contributed by atoms with E-state index >= 15 is 0 Å². The standard InChI is InChI=1S/C36H42O2P2/c1-25-17-19-33(31(21-25)27-11-5-3-6-12-27)37-39-35-23-29-15-9-10-16-30(29)24-36(35)40-38-34-20-18-26(2)22-32(34)28-13-7-4-8-14-28/h9-10,15-24,27-28,39-40H,3-8,11-14H2,1-2H3. The van der Waals surface area contributed by atoms with Crippen LogP contribution in [0.4, 0.5) is 0 Å². The third kappa shape index (κ3) is 6.56. The fourth-order valence-electron chi connectivity index (χ4n) is 6.62. The Labute approximate surface area is 244 Å². The molecule has 4 aromatic rings. The molecule has 0 saturated heterocycles. The predicted molar refractivity (Wildman–Crippen MR) is 175 cm³/mol. The van der Waals surface area contributed by atoms with Crippen LogP contribution >= 0.6 is 17.6 Å². The zero-order valence-electron chi connectivity index (χ0n) is 24.0. The van der Waals surface area contributed by atoms with Crippen LogP contribution in [0.1, 0.15) is 98.3 Å². The molecule has 2 fully saturated rings. The maximum Gasteiger partial charge on any atom is 0.126 e. The van der Waals surface area contributed by atoms with Crippen molar-refractivity contribution >= 4 is 39.0 Å². The third-order valence-corrected chi connectivity index (χ3v) is 11.0. The van der Waals surface area contributed by atoms with Crippen molar-refractivity contribution in [3.63, 3.8) is 0 Å². The van der Waals surface area contributed by atoms with Gasteiger partial charge in [-0.25, -0.2) is 0 Å². The summed E-state index contributed by atoms with van der Waals surface area (Å²) in [5.41, 5.74) is 5.46. The number of aryl methyl sites for hydroxylation is 2. The molecule has 2 aliphatic carbocycles. The Hall–Kier alpha value is -2.40. The van der Waals surface area contributed by atoms with Crippen LogP contribution in [0, 0.1) is 13.8 Å². The van der Waals surface area contributed by atoms with Crippen molar-refractivity contribution in [1.29, 1.82) is 0 Å². The normalized spacial score (nSPS) is 17.4. The van der Waals surface area contributed by atoms with E-state index in [0.29, 0.717) is 11.8 Å². The van der Waals surface area contributed by atoms with Gasteiger partial charge in [0.25, 0.3) is 0 Å². The lowest BCUT2D eigenvalue weighted by molar-refractivity contribution is 0.436. The van der Waals surface area contributed by atoms with Gasteiger partial charge in [0.2, 0.25) is 0 Å². The van der Waals surface area contributed by atoms with Gasteiger partial charge in [-0.05, 0) is 97.5 Å². The van der Waals surface area contributed by atoms with Crippen molar-refractivity contribution in [2.75, 3.05) is 0 Å². The number of benzene rings is 4. The van der Waals surface area contributed by atoms with Crippen LogP contribution in [0.2, 0.25) is 0 Å². The summed E-state index contributed by atoms with van der Waals surface area (Å²) in [5.74, 6) is 3.37. The second-order valence-corrected chi connectivity index (χ2v) is 13.8. The molecular formula is C36H42O2P2. The Bertz CT molecular complexity index is 1340. The minimum Gasteiger partial charge on any atom is -0.472 e. The summed E-state index contributed by atoms with van der Waals surface area (Å²) in [7, 11) is 0.491. The second kappa shape index (κ2) is 13.1. The third-order valence-electron chi connectivity index (χ3n) is 8.85. The summed E-state index contributed by atoms with van der Waals surface area (Å²) in [6, 6.07) is 26.8. The van der Waals surface area contributed by atoms with Crippen molar-refractivity contribution in [3.05, 3.63) is 95.1 Å². The lowest BCUT2D eigenvalue weighted by Crippen LogP contribution is -2.18. The second-order valence-electron chi connectivity index (χ2n) is 11.9. The minimum atomic E-state index is 0.246. The number of hydrogen-bond donors (Lipinski definition) is 0. The number of rotatable bonds is 8. The summed E-state index contributed by atoms with van der Waals surface area (Å²) < 4.78 is 13.4. The van der Waals surface area contributed by atoms with Gasteiger partial charge in [-0.1, -0.05) is 98.2 Å². The van der Waals surface area contributed by atoms with Gasteiger partial charge in [-0.3, -0.25) is 0 Å². The van der Waals surface area contributed by atoms with E-state index < -0.39 is 0 Å². The monoisotopic (exact) mass is 568 g/mol. The Morgan fingerprint density at radius 2 is 0.950 bits per heavy atom. The molecule has 4 heteroatoms. The average Bonchev–Trinajstić information content (AvgIpc) is 3.00. The molecule has 4 aromatic carbocycles. The van der Waals surface area contributed by atoms with Crippen LogP contribution in [0.5, 0.6) is 11.5 Å². The van der Waals surface area contributed by atoms with Gasteiger partial charge in [0.05, 0.1) is 0 Å². The summed E-state index contributed by atoms with van der Waals surface area (Å²) >= 11 is 0. The molecule has 2 unspecified atom stereocenters. The van der Waals surface area contributed by atoms with Crippen molar-refractivity contribution in [3.8, 4) is 11.5 Å². The molecule has 0 amide bonds. The zero-order chi connectivity index (χ0) is 27.3. The number of fused-ring (bicyclic) bond motifs is 1. The quantitative estimate of drug-likeness (QED) is 0.197. The van der Waals surface area contributed by atoms with E-state index in [1.807, 2.05) is 0 Å². The molecule has 2 nitrogen and oxygen atoms in total. The fourth-order valence-corrected chi connectivity index (χ4v) is 8.53. The molecular weight excluding hydrogens is 526 g/mol. The summed E-state index contributed by atoms with van der Waals surface area (Å²) in [4.78, 5) is 0. The molecule has 208 valence electrons. The SMILES string of the molecule is Cc1ccc(OPc2cc3ccccc3cc2POc2ccc(C)cc2C2CCCCC2)c(C2CCCCC2)c1. The van der Waals surface area contributed by atoms with Crippen molar-refractivity contribution in [2.45, 2.75) is 89.9 Å². The average molecular weight is 569 g/mol.